The van der Waals surface area contributed by atoms with Gasteiger partial charge in [0.05, 0.1) is 10.6 Å². The highest BCUT2D eigenvalue weighted by atomic mass is 79.9. The second-order valence-corrected chi connectivity index (χ2v) is 7.05. The lowest BCUT2D eigenvalue weighted by Crippen LogP contribution is -2.31. The first-order chi connectivity index (χ1) is 9.58. The van der Waals surface area contributed by atoms with Crippen LogP contribution in [-0.2, 0) is 4.79 Å². The molecule has 1 atom stereocenters. The van der Waals surface area contributed by atoms with Crippen molar-refractivity contribution in [2.45, 2.75) is 39.7 Å². The Kier molecular flexibility index (Phi) is 5.86. The van der Waals surface area contributed by atoms with E-state index in [1.54, 1.807) is 0 Å². The molecule has 7 heteroatoms. The number of nitro benzene ring substituents is 1. The maximum Gasteiger partial charge on any atom is 0.270 e. The molecule has 0 aliphatic carbocycles. The number of anilines is 1. The van der Waals surface area contributed by atoms with Crippen molar-refractivity contribution in [1.82, 2.24) is 0 Å². The fraction of sp³-hybridized carbons (Fsp3) is 0.500. The minimum atomic E-state index is -0.490. The van der Waals surface area contributed by atoms with Crippen molar-refractivity contribution in [3.05, 3.63) is 32.8 Å². The first-order valence-electron chi connectivity index (χ1n) is 6.58. The van der Waals surface area contributed by atoms with Gasteiger partial charge in [-0.25, -0.2) is 0 Å². The van der Waals surface area contributed by atoms with Crippen molar-refractivity contribution < 1.29 is 9.72 Å². The zero-order valence-electron chi connectivity index (χ0n) is 12.4. The van der Waals surface area contributed by atoms with Crippen molar-refractivity contribution >= 4 is 33.2 Å². The van der Waals surface area contributed by atoms with E-state index in [1.807, 2.05) is 0 Å². The Labute approximate surface area is 132 Å². The van der Waals surface area contributed by atoms with E-state index in [0.29, 0.717) is 10.2 Å². The maximum atomic E-state index is 11.9. The molecule has 0 saturated heterocycles. The molecule has 0 aromatic heterocycles. The zero-order valence-corrected chi connectivity index (χ0v) is 13.9. The van der Waals surface area contributed by atoms with Crippen LogP contribution in [-0.4, -0.2) is 16.9 Å². The van der Waals surface area contributed by atoms with Crippen molar-refractivity contribution in [2.24, 2.45) is 11.1 Å². The topological polar surface area (TPSA) is 98.3 Å². The van der Waals surface area contributed by atoms with E-state index in [1.165, 1.54) is 18.2 Å². The van der Waals surface area contributed by atoms with Gasteiger partial charge in [-0.05, 0) is 33.8 Å². The van der Waals surface area contributed by atoms with Gasteiger partial charge in [0.15, 0.2) is 0 Å². The van der Waals surface area contributed by atoms with Gasteiger partial charge in [0, 0.05) is 29.1 Å². The number of rotatable bonds is 5. The quantitative estimate of drug-likeness (QED) is 0.622. The summed E-state index contributed by atoms with van der Waals surface area (Å²) < 4.78 is 0.467. The molecule has 1 aromatic carbocycles. The number of carbonyl (C=O) groups excluding carboxylic acids is 1. The van der Waals surface area contributed by atoms with Gasteiger partial charge in [0.2, 0.25) is 5.91 Å². The molecule has 3 N–H and O–H groups in total. The van der Waals surface area contributed by atoms with Gasteiger partial charge >= 0.3 is 0 Å². The molecule has 0 saturated carbocycles. The highest BCUT2D eigenvalue weighted by molar-refractivity contribution is 9.10. The summed E-state index contributed by atoms with van der Waals surface area (Å²) in [6.07, 6.45) is 0.947. The molecule has 21 heavy (non-hydrogen) atoms. The smallest absolute Gasteiger partial charge is 0.270 e. The number of halogens is 1. The number of amides is 1. The van der Waals surface area contributed by atoms with Gasteiger partial charge in [-0.15, -0.1) is 0 Å². The van der Waals surface area contributed by atoms with Crippen molar-refractivity contribution in [3.8, 4) is 0 Å². The second-order valence-electron chi connectivity index (χ2n) is 6.20. The minimum absolute atomic E-state index is 0.0377. The second kappa shape index (κ2) is 7.00. The Morgan fingerprint density at radius 1 is 1.48 bits per heavy atom. The van der Waals surface area contributed by atoms with Gasteiger partial charge < -0.3 is 11.1 Å². The highest BCUT2D eigenvalue weighted by Crippen LogP contribution is 2.27. The van der Waals surface area contributed by atoms with Gasteiger partial charge in [-0.1, -0.05) is 20.8 Å². The predicted octanol–water partition coefficient (Wildman–Crippen LogP) is 3.45. The lowest BCUT2D eigenvalue weighted by Gasteiger charge is -2.22. The monoisotopic (exact) mass is 357 g/mol. The molecule has 0 aliphatic heterocycles. The SMILES string of the molecule is CC(C)(C)CC(N)CC(=O)Nc1ccc([N+](=O)[O-])cc1Br. The van der Waals surface area contributed by atoms with Crippen molar-refractivity contribution in [2.75, 3.05) is 5.32 Å². The normalized spacial score (nSPS) is 12.8. The average Bonchev–Trinajstić information content (AvgIpc) is 2.28. The van der Waals surface area contributed by atoms with Crippen LogP contribution in [0.25, 0.3) is 0 Å². The molecule has 0 bridgehead atoms. The summed E-state index contributed by atoms with van der Waals surface area (Å²) in [4.78, 5) is 22.1. The third kappa shape index (κ3) is 6.22. The fourth-order valence-electron chi connectivity index (χ4n) is 2.02. The van der Waals surface area contributed by atoms with Gasteiger partial charge in [-0.2, -0.15) is 0 Å². The molecule has 116 valence electrons. The molecule has 0 heterocycles. The molecule has 0 radical (unpaired) electrons. The summed E-state index contributed by atoms with van der Waals surface area (Å²) in [7, 11) is 0. The van der Waals surface area contributed by atoms with Crippen LogP contribution in [0.5, 0.6) is 0 Å². The summed E-state index contributed by atoms with van der Waals surface area (Å²) in [5.41, 5.74) is 6.47. The highest BCUT2D eigenvalue weighted by Gasteiger charge is 2.19. The summed E-state index contributed by atoms with van der Waals surface area (Å²) >= 11 is 3.21. The van der Waals surface area contributed by atoms with Gasteiger partial charge in [-0.3, -0.25) is 14.9 Å². The standard InChI is InChI=1S/C14H20BrN3O3/c1-14(2,3)8-9(16)6-13(19)17-12-5-4-10(18(20)21)7-11(12)15/h4-5,7,9H,6,8,16H2,1-3H3,(H,17,19). The van der Waals surface area contributed by atoms with Crippen LogP contribution >= 0.6 is 15.9 Å². The number of hydrogen-bond acceptors (Lipinski definition) is 4. The number of benzene rings is 1. The molecule has 0 aliphatic rings. The van der Waals surface area contributed by atoms with E-state index in [0.717, 1.165) is 6.42 Å². The van der Waals surface area contributed by atoms with Gasteiger partial charge in [0.1, 0.15) is 0 Å². The molecule has 1 unspecified atom stereocenters. The van der Waals surface area contributed by atoms with Crippen LogP contribution in [0.15, 0.2) is 22.7 Å². The Morgan fingerprint density at radius 3 is 2.57 bits per heavy atom. The number of hydrogen-bond donors (Lipinski definition) is 2. The van der Waals surface area contributed by atoms with Crippen LogP contribution in [0.2, 0.25) is 0 Å². The van der Waals surface area contributed by atoms with Crippen LogP contribution in [0, 0.1) is 15.5 Å². The third-order valence-corrected chi connectivity index (χ3v) is 3.42. The number of nitrogens with two attached hydrogens (primary N) is 1. The van der Waals surface area contributed by atoms with E-state index in [4.69, 9.17) is 5.73 Å². The first-order valence-corrected chi connectivity index (χ1v) is 7.37. The van der Waals surface area contributed by atoms with Crippen LogP contribution in [0.1, 0.15) is 33.6 Å². The molecule has 1 aromatic rings. The van der Waals surface area contributed by atoms with E-state index in [2.05, 4.69) is 42.0 Å². The van der Waals surface area contributed by atoms with Crippen molar-refractivity contribution in [1.29, 1.82) is 0 Å². The number of nitrogens with zero attached hydrogens (tertiary/aromatic N) is 1. The minimum Gasteiger partial charge on any atom is -0.327 e. The first kappa shape index (κ1) is 17.6. The maximum absolute atomic E-state index is 11.9. The molecule has 6 nitrogen and oxygen atoms in total. The molecule has 1 amide bonds. The Morgan fingerprint density at radius 2 is 2.10 bits per heavy atom. The van der Waals surface area contributed by atoms with Crippen LogP contribution in [0.4, 0.5) is 11.4 Å². The van der Waals surface area contributed by atoms with Crippen LogP contribution in [0.3, 0.4) is 0 Å². The van der Waals surface area contributed by atoms with E-state index in [-0.39, 0.29) is 29.5 Å². The number of nitrogens with one attached hydrogen (secondary N) is 1. The fourth-order valence-corrected chi connectivity index (χ4v) is 2.48. The molecular weight excluding hydrogens is 338 g/mol. The predicted molar refractivity (Wildman–Crippen MR) is 86.1 cm³/mol. The molecule has 0 spiro atoms. The van der Waals surface area contributed by atoms with Gasteiger partial charge in [0.25, 0.3) is 5.69 Å². The Bertz CT molecular complexity index is 541. The average molecular weight is 358 g/mol. The van der Waals surface area contributed by atoms with E-state index < -0.39 is 4.92 Å². The summed E-state index contributed by atoms with van der Waals surface area (Å²) in [6, 6.07) is 3.97. The van der Waals surface area contributed by atoms with E-state index >= 15 is 0 Å². The lowest BCUT2D eigenvalue weighted by molar-refractivity contribution is -0.384. The van der Waals surface area contributed by atoms with E-state index in [9.17, 15) is 14.9 Å². The molecular formula is C14H20BrN3O3. The number of non-ortho nitro benzene ring substituents is 1. The molecule has 1 rings (SSSR count). The largest absolute Gasteiger partial charge is 0.327 e. The number of carbonyl (C=O) groups is 1. The Balaban J connectivity index is 2.65. The number of nitro groups is 1. The molecule has 0 fully saturated rings. The summed E-state index contributed by atoms with van der Waals surface area (Å²) in [5, 5.41) is 13.4. The lowest BCUT2D eigenvalue weighted by atomic mass is 9.87. The Hall–Kier alpha value is -1.47. The van der Waals surface area contributed by atoms with Crippen molar-refractivity contribution in [3.63, 3.8) is 0 Å². The zero-order chi connectivity index (χ0) is 16.2. The summed E-state index contributed by atoms with van der Waals surface area (Å²) in [5.74, 6) is -0.207. The third-order valence-electron chi connectivity index (χ3n) is 2.76. The van der Waals surface area contributed by atoms with Crippen LogP contribution < -0.4 is 11.1 Å². The summed E-state index contributed by atoms with van der Waals surface area (Å²) in [6.45, 7) is 6.20.